The Bertz CT molecular complexity index is 572. The van der Waals surface area contributed by atoms with Crippen LogP contribution < -0.4 is 4.90 Å². The topological polar surface area (TPSA) is 3.24 Å². The first-order valence-electron chi connectivity index (χ1n) is 6.03. The van der Waals surface area contributed by atoms with Crippen LogP contribution in [0.15, 0.2) is 42.5 Å². The molecule has 0 aromatic heterocycles. The molecular weight excluding hydrogens is 284 g/mol. The Hall–Kier alpha value is -1.25. The lowest BCUT2D eigenvalue weighted by Gasteiger charge is -2.26. The molecule has 0 unspecified atom stereocenters. The molecule has 0 amide bonds. The van der Waals surface area contributed by atoms with Crippen LogP contribution in [0.5, 0.6) is 0 Å². The fourth-order valence-electron chi connectivity index (χ4n) is 2.07. The molecule has 0 N–H and O–H groups in total. The summed E-state index contributed by atoms with van der Waals surface area (Å²) in [5, 5.41) is 0.627. The zero-order chi connectivity index (χ0) is 13.8. The van der Waals surface area contributed by atoms with E-state index in [9.17, 15) is 4.39 Å². The molecule has 4 heteroatoms. The van der Waals surface area contributed by atoms with Gasteiger partial charge in [-0.1, -0.05) is 23.7 Å². The zero-order valence-electron chi connectivity index (χ0n) is 10.5. The predicted molar refractivity (Wildman–Crippen MR) is 80.1 cm³/mol. The number of hydrogen-bond donors (Lipinski definition) is 0. The Morgan fingerprint density at radius 1 is 1.16 bits per heavy atom. The minimum atomic E-state index is -0.259. The highest BCUT2D eigenvalue weighted by molar-refractivity contribution is 6.32. The van der Waals surface area contributed by atoms with Gasteiger partial charge in [0.25, 0.3) is 0 Å². The van der Waals surface area contributed by atoms with Crippen LogP contribution in [0, 0.1) is 5.82 Å². The Morgan fingerprint density at radius 3 is 2.53 bits per heavy atom. The molecule has 0 heterocycles. The van der Waals surface area contributed by atoms with Gasteiger partial charge in [-0.2, -0.15) is 0 Å². The molecule has 1 nitrogen and oxygen atoms in total. The molecule has 0 aliphatic rings. The van der Waals surface area contributed by atoms with Crippen LogP contribution in [0.2, 0.25) is 5.02 Å². The number of nitrogens with zero attached hydrogens (tertiary/aromatic N) is 1. The van der Waals surface area contributed by atoms with Gasteiger partial charge in [0.15, 0.2) is 0 Å². The molecule has 0 aliphatic carbocycles. The van der Waals surface area contributed by atoms with E-state index in [4.69, 9.17) is 23.2 Å². The summed E-state index contributed by atoms with van der Waals surface area (Å²) in [5.74, 6) is 0.0614. The van der Waals surface area contributed by atoms with Crippen molar-refractivity contribution in [2.24, 2.45) is 0 Å². The molecule has 19 heavy (non-hydrogen) atoms. The molecule has 0 saturated carbocycles. The highest BCUT2D eigenvalue weighted by atomic mass is 35.5. The van der Waals surface area contributed by atoms with Crippen LogP contribution in [0.25, 0.3) is 0 Å². The van der Waals surface area contributed by atoms with Crippen LogP contribution in [-0.4, -0.2) is 6.54 Å². The van der Waals surface area contributed by atoms with Crippen LogP contribution >= 0.6 is 23.2 Å². The van der Waals surface area contributed by atoms with E-state index in [-0.39, 0.29) is 5.82 Å². The van der Waals surface area contributed by atoms with Gasteiger partial charge in [-0.05, 0) is 37.3 Å². The maximum absolute atomic E-state index is 13.4. The SMILES string of the molecule is CCN(c1cccc(F)c1)c1cccc(Cl)c1CCl. The first kappa shape index (κ1) is 14.2. The zero-order valence-corrected chi connectivity index (χ0v) is 12.0. The van der Waals surface area contributed by atoms with Crippen molar-refractivity contribution in [1.29, 1.82) is 0 Å². The minimum Gasteiger partial charge on any atom is -0.341 e. The molecule has 0 spiro atoms. The van der Waals surface area contributed by atoms with Crippen molar-refractivity contribution in [2.75, 3.05) is 11.4 Å². The molecule has 2 aromatic carbocycles. The summed E-state index contributed by atoms with van der Waals surface area (Å²) in [5.41, 5.74) is 2.56. The Kier molecular flexibility index (Phi) is 4.67. The third-order valence-electron chi connectivity index (χ3n) is 2.95. The quantitative estimate of drug-likeness (QED) is 0.685. The fourth-order valence-corrected chi connectivity index (χ4v) is 2.65. The molecular formula is C15H14Cl2FN. The second kappa shape index (κ2) is 6.27. The van der Waals surface area contributed by atoms with Gasteiger partial charge in [-0.25, -0.2) is 4.39 Å². The molecule has 2 aromatic rings. The van der Waals surface area contributed by atoms with E-state index < -0.39 is 0 Å². The molecule has 100 valence electrons. The van der Waals surface area contributed by atoms with Gasteiger partial charge < -0.3 is 4.90 Å². The van der Waals surface area contributed by atoms with E-state index in [1.807, 2.05) is 36.1 Å². The number of rotatable bonds is 4. The largest absolute Gasteiger partial charge is 0.341 e. The Balaban J connectivity index is 2.51. The first-order chi connectivity index (χ1) is 9.17. The summed E-state index contributed by atoms with van der Waals surface area (Å²) in [6.45, 7) is 2.71. The minimum absolute atomic E-state index is 0.259. The van der Waals surface area contributed by atoms with Gasteiger partial charge in [-0.3, -0.25) is 0 Å². The van der Waals surface area contributed by atoms with Crippen molar-refractivity contribution < 1.29 is 4.39 Å². The van der Waals surface area contributed by atoms with Gasteiger partial charge in [-0.15, -0.1) is 11.6 Å². The van der Waals surface area contributed by atoms with Crippen LogP contribution in [0.4, 0.5) is 15.8 Å². The highest BCUT2D eigenvalue weighted by Crippen LogP contribution is 2.33. The lowest BCUT2D eigenvalue weighted by Crippen LogP contribution is -2.17. The molecule has 0 atom stereocenters. The molecule has 2 rings (SSSR count). The number of anilines is 2. The molecule has 0 radical (unpaired) electrons. The van der Waals surface area contributed by atoms with E-state index in [1.54, 1.807) is 6.07 Å². The normalized spacial score (nSPS) is 10.5. The van der Waals surface area contributed by atoms with E-state index in [1.165, 1.54) is 12.1 Å². The number of hydrogen-bond acceptors (Lipinski definition) is 1. The van der Waals surface area contributed by atoms with Gasteiger partial charge in [0.1, 0.15) is 5.82 Å². The molecule has 0 aliphatic heterocycles. The van der Waals surface area contributed by atoms with E-state index in [0.29, 0.717) is 17.4 Å². The molecule has 0 fully saturated rings. The van der Waals surface area contributed by atoms with Crippen molar-refractivity contribution in [2.45, 2.75) is 12.8 Å². The van der Waals surface area contributed by atoms with Crippen molar-refractivity contribution in [3.8, 4) is 0 Å². The lowest BCUT2D eigenvalue weighted by atomic mass is 10.1. The van der Waals surface area contributed by atoms with Crippen molar-refractivity contribution in [3.63, 3.8) is 0 Å². The summed E-state index contributed by atoms with van der Waals surface area (Å²) < 4.78 is 13.4. The Morgan fingerprint density at radius 2 is 1.89 bits per heavy atom. The maximum Gasteiger partial charge on any atom is 0.125 e. The third-order valence-corrected chi connectivity index (χ3v) is 3.58. The number of halogens is 3. The lowest BCUT2D eigenvalue weighted by molar-refractivity contribution is 0.627. The third kappa shape index (κ3) is 3.02. The molecule has 0 saturated heterocycles. The first-order valence-corrected chi connectivity index (χ1v) is 6.95. The van der Waals surface area contributed by atoms with Gasteiger partial charge in [0.05, 0.1) is 5.88 Å². The van der Waals surface area contributed by atoms with E-state index in [0.717, 1.165) is 16.9 Å². The van der Waals surface area contributed by atoms with Crippen LogP contribution in [0.3, 0.4) is 0 Å². The van der Waals surface area contributed by atoms with Crippen molar-refractivity contribution >= 4 is 34.6 Å². The average Bonchev–Trinajstić information content (AvgIpc) is 2.40. The number of benzene rings is 2. The smallest absolute Gasteiger partial charge is 0.125 e. The summed E-state index contributed by atoms with van der Waals surface area (Å²) in [6.07, 6.45) is 0. The number of alkyl halides is 1. The van der Waals surface area contributed by atoms with Gasteiger partial charge in [0.2, 0.25) is 0 Å². The Labute approximate surface area is 122 Å². The van der Waals surface area contributed by atoms with Gasteiger partial charge in [0, 0.05) is 28.5 Å². The second-order valence-electron chi connectivity index (χ2n) is 4.10. The highest BCUT2D eigenvalue weighted by Gasteiger charge is 2.14. The van der Waals surface area contributed by atoms with Crippen molar-refractivity contribution in [1.82, 2.24) is 0 Å². The van der Waals surface area contributed by atoms with E-state index >= 15 is 0 Å². The van der Waals surface area contributed by atoms with Crippen molar-refractivity contribution in [3.05, 3.63) is 58.9 Å². The van der Waals surface area contributed by atoms with E-state index in [2.05, 4.69) is 0 Å². The van der Waals surface area contributed by atoms with Crippen LogP contribution in [-0.2, 0) is 5.88 Å². The summed E-state index contributed by atoms with van der Waals surface area (Å²) in [4.78, 5) is 1.99. The molecule has 0 bridgehead atoms. The summed E-state index contributed by atoms with van der Waals surface area (Å²) in [7, 11) is 0. The average molecular weight is 298 g/mol. The fraction of sp³-hybridized carbons (Fsp3) is 0.200. The standard InChI is InChI=1S/C15H14Cl2FN/c1-2-19(12-6-3-5-11(18)9-12)15-8-4-7-14(17)13(15)10-16/h3-9H,2,10H2,1H3. The van der Waals surface area contributed by atoms with Gasteiger partial charge >= 0.3 is 0 Å². The predicted octanol–water partition coefficient (Wildman–Crippen LogP) is 5.38. The monoisotopic (exact) mass is 297 g/mol. The van der Waals surface area contributed by atoms with Crippen LogP contribution in [0.1, 0.15) is 12.5 Å². The summed E-state index contributed by atoms with van der Waals surface area (Å²) in [6, 6.07) is 12.1. The summed E-state index contributed by atoms with van der Waals surface area (Å²) >= 11 is 12.1. The maximum atomic E-state index is 13.4. The second-order valence-corrected chi connectivity index (χ2v) is 4.77.